The molecule has 4 N–H and O–H groups in total. The summed E-state index contributed by atoms with van der Waals surface area (Å²) in [7, 11) is -3.99. The molecule has 0 unspecified atom stereocenters. The Balaban J connectivity index is 1.72. The third-order valence-corrected chi connectivity index (χ3v) is 5.67. The van der Waals surface area contributed by atoms with Gasteiger partial charge in [0.25, 0.3) is 15.9 Å². The van der Waals surface area contributed by atoms with Gasteiger partial charge in [0, 0.05) is 22.5 Å². The summed E-state index contributed by atoms with van der Waals surface area (Å²) in [5, 5.41) is 2.31. The van der Waals surface area contributed by atoms with Gasteiger partial charge in [-0.3, -0.25) is 14.3 Å². The van der Waals surface area contributed by atoms with Gasteiger partial charge in [0.05, 0.1) is 9.92 Å². The summed E-state index contributed by atoms with van der Waals surface area (Å²) in [6, 6.07) is 14.8. The lowest BCUT2D eigenvalue weighted by Crippen LogP contribution is -2.15. The van der Waals surface area contributed by atoms with Crippen LogP contribution in [0.3, 0.4) is 0 Å². The highest BCUT2D eigenvalue weighted by molar-refractivity contribution is 7.92. The second kappa shape index (κ2) is 8.52. The van der Waals surface area contributed by atoms with Crippen LogP contribution in [0.5, 0.6) is 0 Å². The van der Waals surface area contributed by atoms with Gasteiger partial charge in [0.1, 0.15) is 5.82 Å². The number of benzene rings is 3. The normalized spacial score (nSPS) is 11.0. The molecule has 30 heavy (non-hydrogen) atoms. The van der Waals surface area contributed by atoms with E-state index in [2.05, 4.69) is 10.0 Å². The van der Waals surface area contributed by atoms with E-state index in [9.17, 15) is 22.4 Å². The monoisotopic (exact) mass is 447 g/mol. The van der Waals surface area contributed by atoms with Crippen LogP contribution in [0.2, 0.25) is 5.02 Å². The van der Waals surface area contributed by atoms with E-state index < -0.39 is 27.7 Å². The van der Waals surface area contributed by atoms with Gasteiger partial charge < -0.3 is 11.1 Å². The van der Waals surface area contributed by atoms with Gasteiger partial charge in [-0.15, -0.1) is 0 Å². The molecule has 3 aromatic rings. The van der Waals surface area contributed by atoms with Gasteiger partial charge in [0.2, 0.25) is 5.91 Å². The largest absolute Gasteiger partial charge is 0.366 e. The van der Waals surface area contributed by atoms with E-state index in [1.165, 1.54) is 36.4 Å². The Labute approximate surface area is 176 Å². The molecule has 0 radical (unpaired) electrons. The lowest BCUT2D eigenvalue weighted by molar-refractivity contribution is 0.0996. The highest BCUT2D eigenvalue weighted by Crippen LogP contribution is 2.22. The van der Waals surface area contributed by atoms with Gasteiger partial charge in [-0.25, -0.2) is 12.8 Å². The van der Waals surface area contributed by atoms with Crippen LogP contribution in [0.25, 0.3) is 0 Å². The number of anilines is 2. The Bertz CT molecular complexity index is 1230. The Morgan fingerprint density at radius 3 is 2.23 bits per heavy atom. The maximum Gasteiger partial charge on any atom is 0.261 e. The summed E-state index contributed by atoms with van der Waals surface area (Å²) in [6.45, 7) is 0. The van der Waals surface area contributed by atoms with E-state index >= 15 is 0 Å². The van der Waals surface area contributed by atoms with Crippen molar-refractivity contribution in [3.05, 3.63) is 88.7 Å². The fraction of sp³-hybridized carbons (Fsp3) is 0. The van der Waals surface area contributed by atoms with Crippen molar-refractivity contribution in [3.63, 3.8) is 0 Å². The van der Waals surface area contributed by atoms with Gasteiger partial charge >= 0.3 is 0 Å². The van der Waals surface area contributed by atoms with E-state index in [0.29, 0.717) is 5.69 Å². The lowest BCUT2D eigenvalue weighted by Gasteiger charge is -2.10. The van der Waals surface area contributed by atoms with E-state index in [1.807, 2.05) is 0 Å². The van der Waals surface area contributed by atoms with Crippen LogP contribution >= 0.6 is 11.6 Å². The minimum Gasteiger partial charge on any atom is -0.366 e. The fourth-order valence-corrected chi connectivity index (χ4v) is 3.83. The average Bonchev–Trinajstić information content (AvgIpc) is 2.70. The molecule has 0 fully saturated rings. The number of carbonyl (C=O) groups is 2. The molecule has 154 valence electrons. The molecule has 2 amide bonds. The zero-order chi connectivity index (χ0) is 21.9. The maximum absolute atomic E-state index is 13.2. The van der Waals surface area contributed by atoms with E-state index in [4.69, 9.17) is 17.3 Å². The lowest BCUT2D eigenvalue weighted by atomic mass is 10.1. The third-order valence-electron chi connectivity index (χ3n) is 4.01. The van der Waals surface area contributed by atoms with Crippen LogP contribution in [0, 0.1) is 5.82 Å². The average molecular weight is 448 g/mol. The number of hydrogen-bond donors (Lipinski definition) is 3. The number of nitrogens with two attached hydrogens (primary N) is 1. The van der Waals surface area contributed by atoms with E-state index in [0.717, 1.165) is 18.2 Å². The highest BCUT2D eigenvalue weighted by atomic mass is 35.5. The number of nitrogens with one attached hydrogen (secondary N) is 2. The first-order chi connectivity index (χ1) is 14.2. The number of hydrogen-bond acceptors (Lipinski definition) is 4. The van der Waals surface area contributed by atoms with Crippen molar-refractivity contribution in [1.29, 1.82) is 0 Å². The fourth-order valence-electron chi connectivity index (χ4n) is 2.50. The second-order valence-electron chi connectivity index (χ2n) is 6.16. The zero-order valence-corrected chi connectivity index (χ0v) is 16.8. The van der Waals surface area contributed by atoms with Crippen LogP contribution in [-0.2, 0) is 10.0 Å². The summed E-state index contributed by atoms with van der Waals surface area (Å²) in [5.74, 6) is -1.81. The van der Waals surface area contributed by atoms with Gasteiger partial charge in [-0.2, -0.15) is 0 Å². The summed E-state index contributed by atoms with van der Waals surface area (Å²) in [6.07, 6.45) is 0. The Hall–Kier alpha value is -3.43. The SMILES string of the molecule is NC(=O)c1cccc(NC(=O)c2ccc(NS(=O)(=O)c3ccc(F)c(Cl)c3)cc2)c1. The predicted octanol–water partition coefficient (Wildman–Crippen LogP) is 3.63. The molecule has 0 bridgehead atoms. The molecule has 10 heteroatoms. The van der Waals surface area contributed by atoms with E-state index in [1.54, 1.807) is 12.1 Å². The first-order valence-corrected chi connectivity index (χ1v) is 10.3. The quantitative estimate of drug-likeness (QED) is 0.534. The summed E-state index contributed by atoms with van der Waals surface area (Å²) in [5.41, 5.74) is 6.30. The maximum atomic E-state index is 13.2. The summed E-state index contributed by atoms with van der Waals surface area (Å²) in [4.78, 5) is 23.4. The van der Waals surface area contributed by atoms with Gasteiger partial charge in [0.15, 0.2) is 0 Å². The number of carbonyl (C=O) groups excluding carboxylic acids is 2. The first kappa shape index (κ1) is 21.3. The predicted molar refractivity (Wildman–Crippen MR) is 112 cm³/mol. The summed E-state index contributed by atoms with van der Waals surface area (Å²) >= 11 is 5.63. The summed E-state index contributed by atoms with van der Waals surface area (Å²) < 4.78 is 40.4. The van der Waals surface area contributed by atoms with Crippen molar-refractivity contribution >= 4 is 44.8 Å². The van der Waals surface area contributed by atoms with Crippen molar-refractivity contribution in [1.82, 2.24) is 0 Å². The smallest absolute Gasteiger partial charge is 0.261 e. The van der Waals surface area contributed by atoms with Crippen LogP contribution in [0.1, 0.15) is 20.7 Å². The molecule has 0 atom stereocenters. The van der Waals surface area contributed by atoms with Crippen LogP contribution in [0.4, 0.5) is 15.8 Å². The first-order valence-electron chi connectivity index (χ1n) is 8.45. The van der Waals surface area contributed by atoms with Crippen molar-refractivity contribution in [2.24, 2.45) is 5.73 Å². The van der Waals surface area contributed by atoms with Crippen molar-refractivity contribution in [3.8, 4) is 0 Å². The zero-order valence-electron chi connectivity index (χ0n) is 15.2. The minimum atomic E-state index is -3.99. The Morgan fingerprint density at radius 2 is 1.60 bits per heavy atom. The molecule has 0 aliphatic rings. The molecule has 0 spiro atoms. The van der Waals surface area contributed by atoms with Crippen LogP contribution in [-0.4, -0.2) is 20.2 Å². The van der Waals surface area contributed by atoms with Crippen molar-refractivity contribution in [2.75, 3.05) is 10.0 Å². The topological polar surface area (TPSA) is 118 Å². The number of sulfonamides is 1. The number of rotatable bonds is 6. The Morgan fingerprint density at radius 1 is 0.900 bits per heavy atom. The molecule has 0 saturated carbocycles. The van der Waals surface area contributed by atoms with Gasteiger partial charge in [-0.1, -0.05) is 17.7 Å². The molecular formula is C20H15ClFN3O4S. The van der Waals surface area contributed by atoms with Gasteiger partial charge in [-0.05, 0) is 60.7 Å². The molecule has 7 nitrogen and oxygen atoms in total. The number of halogens is 2. The molecule has 3 rings (SSSR count). The Kier molecular flexibility index (Phi) is 6.04. The molecular weight excluding hydrogens is 433 g/mol. The second-order valence-corrected chi connectivity index (χ2v) is 8.25. The van der Waals surface area contributed by atoms with Crippen molar-refractivity contribution in [2.45, 2.75) is 4.90 Å². The van der Waals surface area contributed by atoms with Crippen LogP contribution < -0.4 is 15.8 Å². The molecule has 0 aliphatic carbocycles. The van der Waals surface area contributed by atoms with Crippen molar-refractivity contribution < 1.29 is 22.4 Å². The third kappa shape index (κ3) is 4.94. The number of amides is 2. The molecule has 0 saturated heterocycles. The van der Waals surface area contributed by atoms with Crippen LogP contribution in [0.15, 0.2) is 71.6 Å². The molecule has 0 aliphatic heterocycles. The van der Waals surface area contributed by atoms with E-state index in [-0.39, 0.29) is 26.7 Å². The minimum absolute atomic E-state index is 0.197. The number of primary amides is 1. The highest BCUT2D eigenvalue weighted by Gasteiger charge is 2.16. The standard InChI is InChI=1S/C20H15ClFN3O4S/c21-17-11-16(8-9-18(17)22)30(28,29)25-14-6-4-12(5-7-14)20(27)24-15-3-1-2-13(10-15)19(23)26/h1-11,25H,(H2,23,26)(H,24,27). The molecule has 0 heterocycles. The molecule has 3 aromatic carbocycles. The molecule has 0 aromatic heterocycles.